The molecule has 0 spiro atoms. The van der Waals surface area contributed by atoms with Gasteiger partial charge in [0.2, 0.25) is 11.8 Å². The first-order valence-electron chi connectivity index (χ1n) is 7.96. The molecule has 0 saturated heterocycles. The van der Waals surface area contributed by atoms with Crippen LogP contribution in [-0.4, -0.2) is 43.3 Å². The fourth-order valence-corrected chi connectivity index (χ4v) is 3.65. The lowest BCUT2D eigenvalue weighted by Gasteiger charge is -2.26. The maximum atomic E-state index is 5.97. The fraction of sp³-hybridized carbons (Fsp3) is 0.471. The Morgan fingerprint density at radius 2 is 1.96 bits per heavy atom. The lowest BCUT2D eigenvalue weighted by molar-refractivity contribution is 0.331. The average molecular weight is 382 g/mol. The molecule has 0 saturated carbocycles. The van der Waals surface area contributed by atoms with Gasteiger partial charge in [0.25, 0.3) is 0 Å². The average Bonchev–Trinajstić information content (AvgIpc) is 3.23. The zero-order valence-electron chi connectivity index (χ0n) is 14.5. The number of nitrogens with zero attached hydrogens (tertiary/aromatic N) is 3. The summed E-state index contributed by atoms with van der Waals surface area (Å²) in [4.78, 5) is 10.3. The summed E-state index contributed by atoms with van der Waals surface area (Å²) in [5.41, 5.74) is 0.775. The highest BCUT2D eigenvalue weighted by Crippen LogP contribution is 2.31. The monoisotopic (exact) mass is 381 g/mol. The van der Waals surface area contributed by atoms with Crippen LogP contribution < -0.4 is 0 Å². The molecule has 2 atom stereocenters. The minimum Gasteiger partial charge on any atom is -0.483 e. The molecule has 0 amide bonds. The molecule has 134 valence electrons. The lowest BCUT2D eigenvalue weighted by atomic mass is 10.0. The van der Waals surface area contributed by atoms with Crippen LogP contribution in [0.3, 0.4) is 0 Å². The van der Waals surface area contributed by atoms with E-state index in [-0.39, 0.29) is 18.0 Å². The Balaban J connectivity index is 1.81. The summed E-state index contributed by atoms with van der Waals surface area (Å²) < 4.78 is 17.0. The number of hydrogen-bond acceptors (Lipinski definition) is 7. The number of rotatable bonds is 4. The summed E-state index contributed by atoms with van der Waals surface area (Å²) in [7, 11) is 3.23. The van der Waals surface area contributed by atoms with Crippen molar-refractivity contribution in [3.63, 3.8) is 0 Å². The Morgan fingerprint density at radius 1 is 1.20 bits per heavy atom. The van der Waals surface area contributed by atoms with Crippen LogP contribution in [0.2, 0.25) is 4.34 Å². The van der Waals surface area contributed by atoms with E-state index in [0.717, 1.165) is 10.6 Å². The van der Waals surface area contributed by atoms with E-state index in [2.05, 4.69) is 29.0 Å². The second kappa shape index (κ2) is 7.58. The first kappa shape index (κ1) is 17.9. The van der Waals surface area contributed by atoms with Crippen LogP contribution in [-0.2, 0) is 15.9 Å². The molecule has 3 heterocycles. The summed E-state index contributed by atoms with van der Waals surface area (Å²) in [5.74, 6) is 2.17. The normalized spacial score (nSPS) is 20.4. The molecule has 0 aliphatic carbocycles. The predicted octanol–water partition coefficient (Wildman–Crippen LogP) is 4.10. The van der Waals surface area contributed by atoms with Crippen LogP contribution >= 0.6 is 22.9 Å². The number of hydrogen-bond donors (Lipinski definition) is 0. The van der Waals surface area contributed by atoms with E-state index in [1.54, 1.807) is 14.2 Å². The molecular formula is C17H20ClN3O3S. The van der Waals surface area contributed by atoms with Crippen LogP contribution in [0.25, 0.3) is 10.6 Å². The van der Waals surface area contributed by atoms with Crippen LogP contribution in [0.5, 0.6) is 0 Å². The van der Waals surface area contributed by atoms with Gasteiger partial charge in [0.05, 0.1) is 29.1 Å². The van der Waals surface area contributed by atoms with Crippen LogP contribution in [0, 0.1) is 5.92 Å². The molecule has 0 unspecified atom stereocenters. The largest absolute Gasteiger partial charge is 0.483 e. The summed E-state index contributed by atoms with van der Waals surface area (Å²) in [6.45, 7) is 4.15. The van der Waals surface area contributed by atoms with Crippen LogP contribution in [0.1, 0.15) is 19.5 Å². The van der Waals surface area contributed by atoms with Gasteiger partial charge in [-0.2, -0.15) is 0 Å². The number of ether oxygens (including phenoxy) is 2. The first-order valence-corrected chi connectivity index (χ1v) is 9.16. The second-order valence-corrected chi connectivity index (χ2v) is 7.75. The van der Waals surface area contributed by atoms with Crippen molar-refractivity contribution in [1.82, 2.24) is 5.16 Å². The summed E-state index contributed by atoms with van der Waals surface area (Å²) in [6.07, 6.45) is 0.521. The van der Waals surface area contributed by atoms with Gasteiger partial charge in [-0.25, -0.2) is 9.98 Å². The molecule has 8 heteroatoms. The minimum absolute atomic E-state index is 0.127. The predicted molar refractivity (Wildman–Crippen MR) is 99.8 cm³/mol. The topological polar surface area (TPSA) is 69.2 Å². The molecular weight excluding hydrogens is 362 g/mol. The highest BCUT2D eigenvalue weighted by atomic mass is 35.5. The number of methoxy groups -OCH3 is 2. The quantitative estimate of drug-likeness (QED) is 0.799. The van der Waals surface area contributed by atoms with E-state index in [9.17, 15) is 0 Å². The molecule has 25 heavy (non-hydrogen) atoms. The van der Waals surface area contributed by atoms with Crippen molar-refractivity contribution in [1.29, 1.82) is 0 Å². The SMILES string of the molecule is COC1=N[C@H](C(C)C)C(OC)=N[C@@H]1Cc1cc(-c2ccc(Cl)s2)on1. The zero-order valence-corrected chi connectivity index (χ0v) is 16.1. The third-order valence-corrected chi connectivity index (χ3v) is 5.16. The van der Waals surface area contributed by atoms with Crippen molar-refractivity contribution in [2.75, 3.05) is 14.2 Å². The Hall–Kier alpha value is -1.86. The molecule has 3 rings (SSSR count). The Morgan fingerprint density at radius 3 is 2.56 bits per heavy atom. The van der Waals surface area contributed by atoms with Gasteiger partial charge in [-0.3, -0.25) is 0 Å². The molecule has 6 nitrogen and oxygen atoms in total. The van der Waals surface area contributed by atoms with Crippen molar-refractivity contribution in [3.8, 4) is 10.6 Å². The van der Waals surface area contributed by atoms with Gasteiger partial charge in [0, 0.05) is 12.5 Å². The number of aliphatic imine (C=N–C) groups is 2. The Bertz CT molecular complexity index is 797. The van der Waals surface area contributed by atoms with Gasteiger partial charge in [0.1, 0.15) is 12.1 Å². The highest BCUT2D eigenvalue weighted by molar-refractivity contribution is 7.19. The molecule has 0 bridgehead atoms. The highest BCUT2D eigenvalue weighted by Gasteiger charge is 2.31. The summed E-state index contributed by atoms with van der Waals surface area (Å²) in [5, 5.41) is 4.14. The van der Waals surface area contributed by atoms with E-state index in [0.29, 0.717) is 28.3 Å². The number of aromatic nitrogens is 1. The molecule has 2 aromatic heterocycles. The summed E-state index contributed by atoms with van der Waals surface area (Å²) >= 11 is 7.42. The Kier molecular flexibility index (Phi) is 5.44. The molecule has 0 fully saturated rings. The lowest BCUT2D eigenvalue weighted by Crippen LogP contribution is -2.38. The summed E-state index contributed by atoms with van der Waals surface area (Å²) in [6, 6.07) is 5.24. The van der Waals surface area contributed by atoms with Crippen molar-refractivity contribution >= 4 is 34.7 Å². The zero-order chi connectivity index (χ0) is 18.0. The second-order valence-electron chi connectivity index (χ2n) is 6.04. The third-order valence-electron chi connectivity index (χ3n) is 3.91. The van der Waals surface area contributed by atoms with E-state index >= 15 is 0 Å². The number of halogens is 1. The molecule has 2 aromatic rings. The van der Waals surface area contributed by atoms with E-state index in [4.69, 9.17) is 25.6 Å². The van der Waals surface area contributed by atoms with Crippen LogP contribution in [0.4, 0.5) is 0 Å². The third kappa shape index (κ3) is 3.88. The molecule has 1 aliphatic heterocycles. The van der Waals surface area contributed by atoms with Gasteiger partial charge in [0.15, 0.2) is 5.76 Å². The maximum absolute atomic E-state index is 5.97. The standard InChI is InChI=1S/C17H20ClN3O3S/c1-9(2)15-17(23-4)19-11(16(20-15)22-3)7-10-8-12(24-21-10)13-5-6-14(18)25-13/h5-6,8-9,11,15H,7H2,1-4H3/t11-,15-/m1/s1. The van der Waals surface area contributed by atoms with Gasteiger partial charge < -0.3 is 14.0 Å². The van der Waals surface area contributed by atoms with Crippen molar-refractivity contribution in [2.45, 2.75) is 32.4 Å². The van der Waals surface area contributed by atoms with Crippen molar-refractivity contribution in [2.24, 2.45) is 15.9 Å². The molecule has 0 N–H and O–H groups in total. The van der Waals surface area contributed by atoms with Gasteiger partial charge >= 0.3 is 0 Å². The smallest absolute Gasteiger partial charge is 0.209 e. The Labute approximate surface area is 155 Å². The molecule has 0 radical (unpaired) electrons. The van der Waals surface area contributed by atoms with Crippen molar-refractivity contribution in [3.05, 3.63) is 28.2 Å². The fourth-order valence-electron chi connectivity index (χ4n) is 2.66. The maximum Gasteiger partial charge on any atom is 0.209 e. The van der Waals surface area contributed by atoms with E-state index in [1.807, 2.05) is 18.2 Å². The molecule has 1 aliphatic rings. The number of thiophene rings is 1. The minimum atomic E-state index is -0.278. The van der Waals surface area contributed by atoms with E-state index < -0.39 is 0 Å². The van der Waals surface area contributed by atoms with Crippen LogP contribution in [0.15, 0.2) is 32.7 Å². The molecule has 0 aromatic carbocycles. The van der Waals surface area contributed by atoms with Crippen molar-refractivity contribution < 1.29 is 14.0 Å². The van der Waals surface area contributed by atoms with Gasteiger partial charge in [-0.05, 0) is 18.1 Å². The first-order chi connectivity index (χ1) is 12.0. The van der Waals surface area contributed by atoms with E-state index in [1.165, 1.54) is 11.3 Å². The van der Waals surface area contributed by atoms with Gasteiger partial charge in [-0.1, -0.05) is 30.6 Å². The van der Waals surface area contributed by atoms with Gasteiger partial charge in [-0.15, -0.1) is 11.3 Å².